The second-order valence-corrected chi connectivity index (χ2v) is 4.55. The summed E-state index contributed by atoms with van der Waals surface area (Å²) in [6.45, 7) is -0.307. The van der Waals surface area contributed by atoms with E-state index in [9.17, 15) is 9.59 Å². The van der Waals surface area contributed by atoms with E-state index in [0.29, 0.717) is 5.69 Å². The summed E-state index contributed by atoms with van der Waals surface area (Å²) in [5.41, 5.74) is 0.612. The molecule has 6 nitrogen and oxygen atoms in total. The number of thioether (sulfide) groups is 1. The molecule has 0 aliphatic carbocycles. The Kier molecular flexibility index (Phi) is 6.17. The number of aliphatic carboxylic acids is 1. The Bertz CT molecular complexity index is 453. The van der Waals surface area contributed by atoms with Crippen molar-refractivity contribution in [2.45, 2.75) is 17.4 Å². The molecule has 0 spiro atoms. The molecule has 0 saturated carbocycles. The van der Waals surface area contributed by atoms with Crippen molar-refractivity contribution in [2.75, 3.05) is 18.2 Å². The van der Waals surface area contributed by atoms with Crippen molar-refractivity contribution in [3.63, 3.8) is 0 Å². The number of hydrogen-bond donors (Lipinski definition) is 4. The van der Waals surface area contributed by atoms with Gasteiger partial charge in [-0.2, -0.15) is 0 Å². The molecular formula is C12H16N2O4S. The molecule has 1 aromatic carbocycles. The molecule has 0 fully saturated rings. The number of anilines is 1. The topological polar surface area (TPSA) is 98.7 Å². The van der Waals surface area contributed by atoms with E-state index in [0.717, 1.165) is 4.90 Å². The highest BCUT2D eigenvalue weighted by molar-refractivity contribution is 7.98. The van der Waals surface area contributed by atoms with E-state index in [4.69, 9.17) is 10.2 Å². The fourth-order valence-corrected chi connectivity index (χ4v) is 2.00. The van der Waals surface area contributed by atoms with Crippen molar-refractivity contribution in [3.05, 3.63) is 24.3 Å². The molecule has 4 N–H and O–H groups in total. The van der Waals surface area contributed by atoms with Gasteiger partial charge >= 0.3 is 12.0 Å². The van der Waals surface area contributed by atoms with Gasteiger partial charge in [-0.05, 0) is 18.4 Å². The molecule has 0 heterocycles. The van der Waals surface area contributed by atoms with Crippen LogP contribution in [0.5, 0.6) is 0 Å². The van der Waals surface area contributed by atoms with E-state index in [1.54, 1.807) is 12.1 Å². The van der Waals surface area contributed by atoms with Crippen LogP contribution in [0.25, 0.3) is 0 Å². The lowest BCUT2D eigenvalue weighted by molar-refractivity contribution is -0.139. The van der Waals surface area contributed by atoms with E-state index < -0.39 is 18.0 Å². The fourth-order valence-electron chi connectivity index (χ4n) is 1.45. The van der Waals surface area contributed by atoms with Crippen molar-refractivity contribution >= 4 is 29.4 Å². The van der Waals surface area contributed by atoms with Gasteiger partial charge in [0.1, 0.15) is 6.04 Å². The molecule has 1 aromatic rings. The summed E-state index contributed by atoms with van der Waals surface area (Å²) in [7, 11) is 0. The van der Waals surface area contributed by atoms with Crippen LogP contribution in [0.3, 0.4) is 0 Å². The number of urea groups is 1. The third-order valence-electron chi connectivity index (χ3n) is 2.38. The van der Waals surface area contributed by atoms with Crippen LogP contribution < -0.4 is 10.6 Å². The van der Waals surface area contributed by atoms with Gasteiger partial charge in [-0.25, -0.2) is 9.59 Å². The number of aliphatic hydroxyl groups is 1. The first-order valence-corrected chi connectivity index (χ1v) is 6.85. The van der Waals surface area contributed by atoms with Gasteiger partial charge < -0.3 is 20.8 Å². The quantitative estimate of drug-likeness (QED) is 0.591. The van der Waals surface area contributed by atoms with Gasteiger partial charge in [0.05, 0.1) is 5.69 Å². The Morgan fingerprint density at radius 2 is 2.05 bits per heavy atom. The summed E-state index contributed by atoms with van der Waals surface area (Å²) >= 11 is 1.47. The van der Waals surface area contributed by atoms with Crippen LogP contribution in [0, 0.1) is 0 Å². The van der Waals surface area contributed by atoms with Crippen LogP contribution >= 0.6 is 11.8 Å². The average Bonchev–Trinajstić information content (AvgIpc) is 2.38. The van der Waals surface area contributed by atoms with Gasteiger partial charge in [-0.3, -0.25) is 0 Å². The molecule has 0 saturated heterocycles. The zero-order chi connectivity index (χ0) is 14.3. The molecule has 7 heteroatoms. The van der Waals surface area contributed by atoms with Crippen LogP contribution in [-0.4, -0.2) is 41.1 Å². The lowest BCUT2D eigenvalue weighted by atomic mass is 10.2. The number of hydrogen-bond acceptors (Lipinski definition) is 4. The third-order valence-corrected chi connectivity index (χ3v) is 3.17. The molecule has 0 aliphatic rings. The van der Waals surface area contributed by atoms with E-state index in [1.807, 2.05) is 18.4 Å². The highest BCUT2D eigenvalue weighted by atomic mass is 32.2. The van der Waals surface area contributed by atoms with Crippen molar-refractivity contribution in [2.24, 2.45) is 0 Å². The Morgan fingerprint density at radius 3 is 2.63 bits per heavy atom. The number of para-hydroxylation sites is 1. The van der Waals surface area contributed by atoms with Gasteiger partial charge in [0.2, 0.25) is 0 Å². The summed E-state index contributed by atoms with van der Waals surface area (Å²) in [5.74, 6) is -1.18. The maximum Gasteiger partial charge on any atom is 0.326 e. The number of aliphatic hydroxyl groups excluding tert-OH is 1. The Balaban J connectivity index is 2.66. The van der Waals surface area contributed by atoms with E-state index in [2.05, 4.69) is 10.6 Å². The lowest BCUT2D eigenvalue weighted by Crippen LogP contribution is -2.43. The molecule has 0 radical (unpaired) electrons. The molecule has 1 rings (SSSR count). The summed E-state index contributed by atoms with van der Waals surface area (Å²) in [6, 6.07) is 5.49. The van der Waals surface area contributed by atoms with Gasteiger partial charge in [0.25, 0.3) is 0 Å². The minimum atomic E-state index is -1.18. The van der Waals surface area contributed by atoms with Gasteiger partial charge in [0.15, 0.2) is 0 Å². The molecule has 104 valence electrons. The summed E-state index contributed by atoms with van der Waals surface area (Å²) < 4.78 is 0. The number of carboxylic acid groups (broad SMARTS) is 1. The highest BCUT2D eigenvalue weighted by Crippen LogP contribution is 2.24. The predicted molar refractivity (Wildman–Crippen MR) is 73.5 cm³/mol. The van der Waals surface area contributed by atoms with Gasteiger partial charge in [0, 0.05) is 17.9 Å². The first kappa shape index (κ1) is 15.3. The number of benzene rings is 1. The fraction of sp³-hybridized carbons (Fsp3) is 0.333. The second kappa shape index (κ2) is 7.65. The minimum absolute atomic E-state index is 0.0348. The highest BCUT2D eigenvalue weighted by Gasteiger charge is 2.19. The maximum absolute atomic E-state index is 11.7. The van der Waals surface area contributed by atoms with E-state index in [-0.39, 0.29) is 13.0 Å². The number of carbonyl (C=O) groups is 2. The molecule has 2 amide bonds. The summed E-state index contributed by atoms with van der Waals surface area (Å²) in [6.07, 6.45) is 1.84. The molecule has 0 aliphatic heterocycles. The maximum atomic E-state index is 11.7. The van der Waals surface area contributed by atoms with Crippen LogP contribution in [-0.2, 0) is 4.79 Å². The van der Waals surface area contributed by atoms with Crippen molar-refractivity contribution in [1.29, 1.82) is 0 Å². The predicted octanol–water partition coefficient (Wildman–Crippen LogP) is 1.37. The number of carboxylic acids is 1. The van der Waals surface area contributed by atoms with Crippen molar-refractivity contribution < 1.29 is 19.8 Å². The van der Waals surface area contributed by atoms with Crippen LogP contribution in [0.1, 0.15) is 6.42 Å². The standard InChI is InChI=1S/C12H16N2O4S/c1-19-10-5-3-2-4-8(10)13-12(18)14-9(6-7-15)11(16)17/h2-5,9,15H,6-7H2,1H3,(H,16,17)(H2,13,14,18)/t9-/m1/s1. The normalized spacial score (nSPS) is 11.7. The number of rotatable bonds is 6. The van der Waals surface area contributed by atoms with Crippen molar-refractivity contribution in [1.82, 2.24) is 5.32 Å². The monoisotopic (exact) mass is 284 g/mol. The molecule has 0 unspecified atom stereocenters. The van der Waals surface area contributed by atoms with Gasteiger partial charge in [-0.1, -0.05) is 12.1 Å². The Morgan fingerprint density at radius 1 is 1.37 bits per heavy atom. The summed E-state index contributed by atoms with van der Waals surface area (Å²) in [4.78, 5) is 23.4. The SMILES string of the molecule is CSc1ccccc1NC(=O)N[C@H](CCO)C(=O)O. The van der Waals surface area contributed by atoms with Crippen LogP contribution in [0.4, 0.5) is 10.5 Å². The van der Waals surface area contributed by atoms with Crippen LogP contribution in [0.2, 0.25) is 0 Å². The zero-order valence-electron chi connectivity index (χ0n) is 10.4. The zero-order valence-corrected chi connectivity index (χ0v) is 11.2. The summed E-state index contributed by atoms with van der Waals surface area (Å²) in [5, 5.41) is 22.5. The number of carbonyl (C=O) groups excluding carboxylic acids is 1. The molecule has 1 atom stereocenters. The molecule has 19 heavy (non-hydrogen) atoms. The minimum Gasteiger partial charge on any atom is -0.480 e. The second-order valence-electron chi connectivity index (χ2n) is 3.70. The lowest BCUT2D eigenvalue weighted by Gasteiger charge is -2.15. The molecule has 0 bridgehead atoms. The third kappa shape index (κ3) is 4.80. The average molecular weight is 284 g/mol. The largest absolute Gasteiger partial charge is 0.480 e. The van der Waals surface area contributed by atoms with Gasteiger partial charge in [-0.15, -0.1) is 11.8 Å². The first-order valence-electron chi connectivity index (χ1n) is 5.62. The Labute approximate surface area is 115 Å². The number of nitrogens with one attached hydrogen (secondary N) is 2. The first-order chi connectivity index (χ1) is 9.08. The molecular weight excluding hydrogens is 268 g/mol. The Hall–Kier alpha value is -1.73. The molecule has 0 aromatic heterocycles. The number of amides is 2. The van der Waals surface area contributed by atoms with Crippen LogP contribution in [0.15, 0.2) is 29.2 Å². The smallest absolute Gasteiger partial charge is 0.326 e. The van der Waals surface area contributed by atoms with Crippen molar-refractivity contribution in [3.8, 4) is 0 Å². The van der Waals surface area contributed by atoms with E-state index >= 15 is 0 Å². The van der Waals surface area contributed by atoms with E-state index in [1.165, 1.54) is 11.8 Å².